The predicted octanol–water partition coefficient (Wildman–Crippen LogP) is 6.88. The number of nitrogens with zero attached hydrogens (tertiary/aromatic N) is 4. The Morgan fingerprint density at radius 1 is 1.03 bits per heavy atom. The molecule has 2 aromatic carbocycles. The molecule has 0 spiro atoms. The summed E-state index contributed by atoms with van der Waals surface area (Å²) in [5, 5.41) is -0.595. The number of rotatable bonds is 4. The SMILES string of the molecule is Cc1cn2c(n1)[C@H](C)N=C(c1nc(OCc3ccccc3)ccc1F)c1c-2ccc(C(F)(F)F)c1Cl. The molecule has 184 valence electrons. The number of ether oxygens (including phenoxy) is 1. The minimum absolute atomic E-state index is 0.0823. The van der Waals surface area contributed by atoms with Gasteiger partial charge < -0.3 is 9.30 Å². The number of pyridine rings is 1. The first-order chi connectivity index (χ1) is 17.1. The summed E-state index contributed by atoms with van der Waals surface area (Å²) >= 11 is 6.37. The number of hydrogen-bond acceptors (Lipinski definition) is 4. The summed E-state index contributed by atoms with van der Waals surface area (Å²) < 4.78 is 63.9. The third-order valence-corrected chi connectivity index (χ3v) is 6.14. The Bertz CT molecular complexity index is 1480. The molecule has 2 aromatic heterocycles. The van der Waals surface area contributed by atoms with Crippen molar-refractivity contribution in [2.24, 2.45) is 4.99 Å². The van der Waals surface area contributed by atoms with E-state index in [9.17, 15) is 13.2 Å². The molecule has 0 bridgehead atoms. The minimum Gasteiger partial charge on any atom is -0.473 e. The van der Waals surface area contributed by atoms with E-state index >= 15 is 4.39 Å². The highest BCUT2D eigenvalue weighted by Crippen LogP contribution is 2.41. The van der Waals surface area contributed by atoms with Gasteiger partial charge in [-0.1, -0.05) is 41.9 Å². The summed E-state index contributed by atoms with van der Waals surface area (Å²) in [5.74, 6) is -0.201. The number of benzene rings is 2. The number of imidazole rings is 1. The predicted molar refractivity (Wildman–Crippen MR) is 127 cm³/mol. The van der Waals surface area contributed by atoms with Crippen LogP contribution >= 0.6 is 11.6 Å². The van der Waals surface area contributed by atoms with E-state index in [-0.39, 0.29) is 29.5 Å². The summed E-state index contributed by atoms with van der Waals surface area (Å²) in [4.78, 5) is 13.3. The number of aryl methyl sites for hydroxylation is 1. The average Bonchev–Trinajstić information content (AvgIpc) is 3.19. The monoisotopic (exact) mass is 514 g/mol. The van der Waals surface area contributed by atoms with Crippen LogP contribution in [0, 0.1) is 12.7 Å². The molecule has 3 heterocycles. The molecule has 0 fully saturated rings. The fraction of sp³-hybridized carbons (Fsp3) is 0.192. The quantitative estimate of drug-likeness (QED) is 0.279. The molecule has 0 radical (unpaired) electrons. The van der Waals surface area contributed by atoms with Gasteiger partial charge in [0.2, 0.25) is 5.88 Å². The van der Waals surface area contributed by atoms with E-state index in [0.717, 1.165) is 17.7 Å². The second-order valence-corrected chi connectivity index (χ2v) is 8.72. The van der Waals surface area contributed by atoms with Crippen molar-refractivity contribution >= 4 is 17.3 Å². The highest BCUT2D eigenvalue weighted by Gasteiger charge is 2.37. The highest BCUT2D eigenvalue weighted by molar-refractivity contribution is 6.37. The lowest BCUT2D eigenvalue weighted by atomic mass is 10.00. The van der Waals surface area contributed by atoms with Gasteiger partial charge in [0.25, 0.3) is 0 Å². The lowest BCUT2D eigenvalue weighted by Gasteiger charge is -2.18. The molecular formula is C26H19ClF4N4O. The Morgan fingerprint density at radius 2 is 1.78 bits per heavy atom. The van der Waals surface area contributed by atoms with Crippen LogP contribution < -0.4 is 4.74 Å². The molecule has 0 unspecified atom stereocenters. The summed E-state index contributed by atoms with van der Waals surface area (Å²) in [7, 11) is 0. The number of alkyl halides is 3. The third kappa shape index (κ3) is 4.35. The van der Waals surface area contributed by atoms with Gasteiger partial charge in [-0.2, -0.15) is 13.2 Å². The van der Waals surface area contributed by atoms with E-state index < -0.39 is 28.6 Å². The topological polar surface area (TPSA) is 52.3 Å². The highest BCUT2D eigenvalue weighted by atomic mass is 35.5. The molecule has 5 rings (SSSR count). The van der Waals surface area contributed by atoms with Crippen LogP contribution in [-0.4, -0.2) is 20.2 Å². The smallest absolute Gasteiger partial charge is 0.417 e. The molecule has 0 aliphatic carbocycles. The Kier molecular flexibility index (Phi) is 6.04. The van der Waals surface area contributed by atoms with Gasteiger partial charge in [-0.15, -0.1) is 0 Å². The van der Waals surface area contributed by atoms with Crippen LogP contribution in [0.15, 0.2) is 65.8 Å². The normalized spacial score (nSPS) is 15.1. The maximum Gasteiger partial charge on any atom is 0.417 e. The van der Waals surface area contributed by atoms with Gasteiger partial charge in [-0.3, -0.25) is 4.99 Å². The molecule has 1 aliphatic rings. The van der Waals surface area contributed by atoms with E-state index in [1.165, 1.54) is 12.1 Å². The molecule has 10 heteroatoms. The molecule has 5 nitrogen and oxygen atoms in total. The van der Waals surface area contributed by atoms with Gasteiger partial charge in [-0.05, 0) is 37.6 Å². The Hall–Kier alpha value is -3.72. The second-order valence-electron chi connectivity index (χ2n) is 8.34. The van der Waals surface area contributed by atoms with Crippen LogP contribution in [-0.2, 0) is 12.8 Å². The average molecular weight is 515 g/mol. The zero-order valence-electron chi connectivity index (χ0n) is 19.1. The van der Waals surface area contributed by atoms with Crippen molar-refractivity contribution in [3.8, 4) is 11.6 Å². The zero-order chi connectivity index (χ0) is 25.6. The summed E-state index contributed by atoms with van der Waals surface area (Å²) in [6.45, 7) is 3.65. The number of aromatic nitrogens is 3. The second kappa shape index (κ2) is 9.05. The van der Waals surface area contributed by atoms with E-state index in [1.807, 2.05) is 30.3 Å². The maximum atomic E-state index is 15.2. The summed E-state index contributed by atoms with van der Waals surface area (Å²) in [6, 6.07) is 13.4. The van der Waals surface area contributed by atoms with Gasteiger partial charge in [-0.25, -0.2) is 14.4 Å². The number of halogens is 5. The van der Waals surface area contributed by atoms with Crippen molar-refractivity contribution in [1.82, 2.24) is 14.5 Å². The molecule has 0 saturated heterocycles. The van der Waals surface area contributed by atoms with E-state index in [2.05, 4.69) is 15.0 Å². The van der Waals surface area contributed by atoms with Crippen molar-refractivity contribution in [3.63, 3.8) is 0 Å². The number of fused-ring (bicyclic) bond motifs is 3. The van der Waals surface area contributed by atoms with Crippen LogP contribution in [0.5, 0.6) is 5.88 Å². The fourth-order valence-electron chi connectivity index (χ4n) is 4.11. The molecule has 1 aliphatic heterocycles. The Balaban J connectivity index is 1.68. The minimum atomic E-state index is -4.73. The summed E-state index contributed by atoms with van der Waals surface area (Å²) in [6.07, 6.45) is -3.05. The molecule has 0 N–H and O–H groups in total. The lowest BCUT2D eigenvalue weighted by Crippen LogP contribution is -2.16. The van der Waals surface area contributed by atoms with Crippen molar-refractivity contribution in [3.05, 3.63) is 106 Å². The Morgan fingerprint density at radius 3 is 2.50 bits per heavy atom. The van der Waals surface area contributed by atoms with Crippen LogP contribution in [0.2, 0.25) is 5.02 Å². The first-order valence-corrected chi connectivity index (χ1v) is 11.4. The van der Waals surface area contributed by atoms with Crippen molar-refractivity contribution in [2.45, 2.75) is 32.7 Å². The zero-order valence-corrected chi connectivity index (χ0v) is 19.9. The first kappa shape index (κ1) is 24.0. The molecule has 36 heavy (non-hydrogen) atoms. The van der Waals surface area contributed by atoms with Gasteiger partial charge in [0.1, 0.15) is 24.2 Å². The van der Waals surface area contributed by atoms with Crippen LogP contribution in [0.1, 0.15) is 46.9 Å². The number of aliphatic imine (C=N–C) groups is 1. The van der Waals surface area contributed by atoms with E-state index in [1.54, 1.807) is 24.6 Å². The molecular weight excluding hydrogens is 496 g/mol. The number of hydrogen-bond donors (Lipinski definition) is 0. The van der Waals surface area contributed by atoms with E-state index in [0.29, 0.717) is 17.2 Å². The van der Waals surface area contributed by atoms with Crippen molar-refractivity contribution in [2.75, 3.05) is 0 Å². The molecule has 0 saturated carbocycles. The molecule has 4 aromatic rings. The molecule has 0 amide bonds. The van der Waals surface area contributed by atoms with Crippen molar-refractivity contribution < 1.29 is 22.3 Å². The van der Waals surface area contributed by atoms with Crippen LogP contribution in [0.4, 0.5) is 17.6 Å². The summed E-state index contributed by atoms with van der Waals surface area (Å²) in [5.41, 5.74) is 0.300. The van der Waals surface area contributed by atoms with Crippen LogP contribution in [0.25, 0.3) is 5.69 Å². The third-order valence-electron chi connectivity index (χ3n) is 5.75. The lowest BCUT2D eigenvalue weighted by molar-refractivity contribution is -0.137. The Labute approximate surface area is 209 Å². The van der Waals surface area contributed by atoms with Crippen LogP contribution in [0.3, 0.4) is 0 Å². The van der Waals surface area contributed by atoms with Gasteiger partial charge in [0.15, 0.2) is 5.82 Å². The molecule has 1 atom stereocenters. The van der Waals surface area contributed by atoms with Crippen molar-refractivity contribution in [1.29, 1.82) is 0 Å². The van der Waals surface area contributed by atoms with Gasteiger partial charge in [0.05, 0.1) is 27.7 Å². The van der Waals surface area contributed by atoms with Gasteiger partial charge >= 0.3 is 6.18 Å². The largest absolute Gasteiger partial charge is 0.473 e. The standard InChI is InChI=1S/C26H19ClF4N4O/c1-14-12-35-19-10-8-17(26(29,30)31)22(27)21(19)24(33-15(2)25(35)32-14)23-18(28)9-11-20(34-23)36-13-16-6-4-3-5-7-16/h3-12,15H,13H2,1-2H3/t15-/m0/s1. The fourth-order valence-corrected chi connectivity index (χ4v) is 4.47. The van der Waals surface area contributed by atoms with E-state index in [4.69, 9.17) is 16.3 Å². The first-order valence-electron chi connectivity index (χ1n) is 11.0. The maximum absolute atomic E-state index is 15.2. The van der Waals surface area contributed by atoms with Gasteiger partial charge in [0, 0.05) is 17.8 Å².